The van der Waals surface area contributed by atoms with Crippen LogP contribution < -0.4 is 0 Å². The number of aliphatic carboxylic acids is 1. The first-order chi connectivity index (χ1) is 7.11. The predicted molar refractivity (Wildman–Crippen MR) is 54.7 cm³/mol. The lowest BCUT2D eigenvalue weighted by Crippen LogP contribution is -2.45. The molecule has 1 heterocycles. The lowest BCUT2D eigenvalue weighted by atomic mass is 10.2. The quantitative estimate of drug-likeness (QED) is 0.674. The molecule has 1 rings (SSSR count). The molecule has 1 aliphatic rings. The molecule has 0 aromatic rings. The van der Waals surface area contributed by atoms with Gasteiger partial charge in [-0.15, -0.1) is 0 Å². The molecule has 5 heteroatoms. The van der Waals surface area contributed by atoms with Crippen LogP contribution >= 0.6 is 0 Å². The number of hydrogen-bond donors (Lipinski definition) is 2. The van der Waals surface area contributed by atoms with E-state index in [9.17, 15) is 9.90 Å². The molecule has 1 aliphatic heterocycles. The summed E-state index contributed by atoms with van der Waals surface area (Å²) in [6.07, 6.45) is 0.202. The maximum absolute atomic E-state index is 10.4. The summed E-state index contributed by atoms with van der Waals surface area (Å²) in [6.45, 7) is 4.70. The lowest BCUT2D eigenvalue weighted by Gasteiger charge is -2.33. The van der Waals surface area contributed by atoms with Crippen molar-refractivity contribution in [1.82, 2.24) is 4.90 Å². The summed E-state index contributed by atoms with van der Waals surface area (Å²) in [7, 11) is 0. The Bertz CT molecular complexity index is 210. The van der Waals surface area contributed by atoms with Gasteiger partial charge in [0.1, 0.15) is 0 Å². The van der Waals surface area contributed by atoms with Gasteiger partial charge >= 0.3 is 5.97 Å². The molecule has 1 fully saturated rings. The van der Waals surface area contributed by atoms with Gasteiger partial charge in [0.25, 0.3) is 0 Å². The third kappa shape index (κ3) is 4.59. The first-order valence-corrected chi connectivity index (χ1v) is 5.35. The van der Waals surface area contributed by atoms with Crippen LogP contribution in [0.4, 0.5) is 0 Å². The highest BCUT2D eigenvalue weighted by Crippen LogP contribution is 2.09. The van der Waals surface area contributed by atoms with Crippen molar-refractivity contribution in [3.63, 3.8) is 0 Å². The van der Waals surface area contributed by atoms with E-state index in [2.05, 4.69) is 11.8 Å². The van der Waals surface area contributed by atoms with E-state index in [1.165, 1.54) is 0 Å². The molecule has 2 unspecified atom stereocenters. The van der Waals surface area contributed by atoms with Gasteiger partial charge < -0.3 is 14.9 Å². The number of β-amino-alcohol motifs (C(OH)–C–C–N with tert-alkyl or cyclic N) is 1. The third-order valence-corrected chi connectivity index (χ3v) is 2.56. The molecule has 15 heavy (non-hydrogen) atoms. The molecule has 0 aromatic carbocycles. The Morgan fingerprint density at radius 2 is 2.40 bits per heavy atom. The van der Waals surface area contributed by atoms with E-state index in [1.807, 2.05) is 0 Å². The predicted octanol–water partition coefficient (Wildman–Crippen LogP) is -0.0672. The summed E-state index contributed by atoms with van der Waals surface area (Å²) in [4.78, 5) is 12.4. The number of morpholine rings is 1. The van der Waals surface area contributed by atoms with E-state index in [1.54, 1.807) is 0 Å². The van der Waals surface area contributed by atoms with Gasteiger partial charge in [0.15, 0.2) is 0 Å². The number of hydrogen-bond acceptors (Lipinski definition) is 4. The number of aliphatic hydroxyl groups is 1. The van der Waals surface area contributed by atoms with Crippen LogP contribution in [0.25, 0.3) is 0 Å². The van der Waals surface area contributed by atoms with E-state index >= 15 is 0 Å². The van der Waals surface area contributed by atoms with Crippen LogP contribution in [0, 0.1) is 0 Å². The van der Waals surface area contributed by atoms with Crippen LogP contribution in [0.2, 0.25) is 0 Å². The molecule has 2 atom stereocenters. The largest absolute Gasteiger partial charge is 0.481 e. The van der Waals surface area contributed by atoms with Crippen LogP contribution in [-0.2, 0) is 9.53 Å². The molecule has 88 valence electrons. The minimum absolute atomic E-state index is 0.186. The Balaban J connectivity index is 2.27. The molecule has 0 saturated carbocycles. The highest BCUT2D eigenvalue weighted by atomic mass is 16.5. The number of carboxylic acid groups (broad SMARTS) is 1. The van der Waals surface area contributed by atoms with Crippen LogP contribution in [-0.4, -0.2) is 59.5 Å². The number of aliphatic hydroxyl groups excluding tert-OH is 1. The maximum Gasteiger partial charge on any atom is 0.306 e. The second-order valence-corrected chi connectivity index (χ2v) is 3.91. The van der Waals surface area contributed by atoms with Gasteiger partial charge in [0.2, 0.25) is 0 Å². The average Bonchev–Trinajstić information content (AvgIpc) is 2.16. The molecule has 1 saturated heterocycles. The van der Waals surface area contributed by atoms with Crippen LogP contribution in [0.1, 0.15) is 19.8 Å². The number of ether oxygens (including phenoxy) is 1. The van der Waals surface area contributed by atoms with Gasteiger partial charge in [-0.1, -0.05) is 6.92 Å². The van der Waals surface area contributed by atoms with Crippen molar-refractivity contribution >= 4 is 5.97 Å². The molecule has 0 bridgehead atoms. The summed E-state index contributed by atoms with van der Waals surface area (Å²) in [6, 6.07) is 0. The summed E-state index contributed by atoms with van der Waals surface area (Å²) >= 11 is 0. The van der Waals surface area contributed by atoms with E-state index < -0.39 is 12.1 Å². The highest BCUT2D eigenvalue weighted by Gasteiger charge is 2.21. The van der Waals surface area contributed by atoms with Crippen LogP contribution in [0.15, 0.2) is 0 Å². The van der Waals surface area contributed by atoms with Gasteiger partial charge in [0, 0.05) is 19.6 Å². The highest BCUT2D eigenvalue weighted by molar-refractivity contribution is 5.67. The van der Waals surface area contributed by atoms with Crippen molar-refractivity contribution in [2.45, 2.75) is 32.0 Å². The number of rotatable bonds is 5. The van der Waals surface area contributed by atoms with Crippen molar-refractivity contribution in [2.24, 2.45) is 0 Å². The van der Waals surface area contributed by atoms with Crippen molar-refractivity contribution < 1.29 is 19.7 Å². The second-order valence-electron chi connectivity index (χ2n) is 3.91. The fourth-order valence-electron chi connectivity index (χ4n) is 1.76. The molecule has 0 aromatic heterocycles. The zero-order valence-electron chi connectivity index (χ0n) is 9.06. The van der Waals surface area contributed by atoms with E-state index in [0.717, 1.165) is 19.5 Å². The first-order valence-electron chi connectivity index (χ1n) is 5.35. The summed E-state index contributed by atoms with van der Waals surface area (Å²) in [5, 5.41) is 18.0. The SMILES string of the molecule is CCC1CN(CC(O)CC(=O)O)CCO1. The lowest BCUT2D eigenvalue weighted by molar-refractivity contribution is -0.139. The van der Waals surface area contributed by atoms with Crippen LogP contribution in [0.5, 0.6) is 0 Å². The average molecular weight is 217 g/mol. The molecule has 0 radical (unpaired) electrons. The van der Waals surface area contributed by atoms with E-state index in [-0.39, 0.29) is 12.5 Å². The number of carboxylic acids is 1. The van der Waals surface area contributed by atoms with Gasteiger partial charge in [-0.2, -0.15) is 0 Å². The van der Waals surface area contributed by atoms with Gasteiger partial charge in [0.05, 0.1) is 25.2 Å². The van der Waals surface area contributed by atoms with E-state index in [4.69, 9.17) is 9.84 Å². The Morgan fingerprint density at radius 3 is 3.00 bits per heavy atom. The third-order valence-electron chi connectivity index (χ3n) is 2.56. The fourth-order valence-corrected chi connectivity index (χ4v) is 1.76. The summed E-state index contributed by atoms with van der Waals surface area (Å²) in [5.41, 5.74) is 0. The maximum atomic E-state index is 10.4. The Morgan fingerprint density at radius 1 is 1.67 bits per heavy atom. The molecular formula is C10H19NO4. The van der Waals surface area contributed by atoms with Crippen molar-refractivity contribution in [3.8, 4) is 0 Å². The molecule has 5 nitrogen and oxygen atoms in total. The zero-order chi connectivity index (χ0) is 11.3. The minimum atomic E-state index is -0.956. The Hall–Kier alpha value is -0.650. The monoisotopic (exact) mass is 217 g/mol. The molecule has 2 N–H and O–H groups in total. The van der Waals surface area contributed by atoms with Crippen molar-refractivity contribution in [2.75, 3.05) is 26.2 Å². The molecule has 0 aliphatic carbocycles. The van der Waals surface area contributed by atoms with Crippen molar-refractivity contribution in [1.29, 1.82) is 0 Å². The summed E-state index contributed by atoms with van der Waals surface area (Å²) < 4.78 is 5.48. The molecule has 0 spiro atoms. The summed E-state index contributed by atoms with van der Waals surface area (Å²) in [5.74, 6) is -0.956. The minimum Gasteiger partial charge on any atom is -0.481 e. The smallest absolute Gasteiger partial charge is 0.306 e. The van der Waals surface area contributed by atoms with Gasteiger partial charge in [-0.3, -0.25) is 9.69 Å². The molecular weight excluding hydrogens is 198 g/mol. The second kappa shape index (κ2) is 6.05. The standard InChI is InChI=1S/C10H19NO4/c1-2-9-7-11(3-4-15-9)6-8(12)5-10(13)14/h8-9,12H,2-7H2,1H3,(H,13,14). The van der Waals surface area contributed by atoms with Crippen molar-refractivity contribution in [3.05, 3.63) is 0 Å². The van der Waals surface area contributed by atoms with Gasteiger partial charge in [-0.05, 0) is 6.42 Å². The molecule has 0 amide bonds. The fraction of sp³-hybridized carbons (Fsp3) is 0.900. The Kier molecular flexibility index (Phi) is 5.01. The van der Waals surface area contributed by atoms with Crippen LogP contribution in [0.3, 0.4) is 0 Å². The Labute approximate surface area is 89.6 Å². The number of nitrogens with zero attached hydrogens (tertiary/aromatic N) is 1. The van der Waals surface area contributed by atoms with E-state index in [0.29, 0.717) is 13.2 Å². The zero-order valence-corrected chi connectivity index (χ0v) is 9.06. The normalized spacial score (nSPS) is 25.1. The first kappa shape index (κ1) is 12.4. The van der Waals surface area contributed by atoms with Gasteiger partial charge in [-0.25, -0.2) is 0 Å². The topological polar surface area (TPSA) is 70.0 Å². The number of carbonyl (C=O) groups is 1.